The highest BCUT2D eigenvalue weighted by atomic mass is 19.1. The van der Waals surface area contributed by atoms with Crippen molar-refractivity contribution < 1.29 is 18.0 Å². The van der Waals surface area contributed by atoms with Gasteiger partial charge in [0.2, 0.25) is 0 Å². The van der Waals surface area contributed by atoms with Crippen molar-refractivity contribution >= 4 is 22.8 Å². The molecule has 0 unspecified atom stereocenters. The number of aromatic nitrogens is 2. The summed E-state index contributed by atoms with van der Waals surface area (Å²) in [5.41, 5.74) is 2.95. The summed E-state index contributed by atoms with van der Waals surface area (Å²) in [4.78, 5) is 28.5. The third kappa shape index (κ3) is 3.36. The Labute approximate surface area is 169 Å². The molecule has 30 heavy (non-hydrogen) atoms. The second-order valence-corrected chi connectivity index (χ2v) is 6.71. The van der Waals surface area contributed by atoms with Crippen LogP contribution in [-0.2, 0) is 13.5 Å². The minimum atomic E-state index is -0.930. The first-order valence-electron chi connectivity index (χ1n) is 9.24. The molecule has 0 aliphatic heterocycles. The lowest BCUT2D eigenvalue weighted by atomic mass is 10.0. The van der Waals surface area contributed by atoms with E-state index in [1.165, 1.54) is 10.6 Å². The van der Waals surface area contributed by atoms with Gasteiger partial charge >= 0.3 is 5.76 Å². The predicted octanol–water partition coefficient (Wildman–Crippen LogP) is 4.29. The third-order valence-electron chi connectivity index (χ3n) is 4.81. The van der Waals surface area contributed by atoms with Crippen molar-refractivity contribution in [3.05, 3.63) is 82.0 Å². The maximum absolute atomic E-state index is 13.8. The fraction of sp³-hybridized carbons (Fsp3) is 0.136. The van der Waals surface area contributed by atoms with E-state index in [1.54, 1.807) is 37.4 Å². The SMILES string of the molecule is CCc1nc2c(cc1-c1ccc(NC(=O)c3c(F)cccc3F)cc1)oc(=O)n2C. The summed E-state index contributed by atoms with van der Waals surface area (Å²) in [5.74, 6) is -3.22. The summed E-state index contributed by atoms with van der Waals surface area (Å²) >= 11 is 0. The Bertz CT molecular complexity index is 1300. The van der Waals surface area contributed by atoms with Gasteiger partial charge in [0, 0.05) is 18.3 Å². The number of fused-ring (bicyclic) bond motifs is 1. The van der Waals surface area contributed by atoms with Crippen LogP contribution in [0.4, 0.5) is 14.5 Å². The van der Waals surface area contributed by atoms with E-state index >= 15 is 0 Å². The lowest BCUT2D eigenvalue weighted by Gasteiger charge is -2.10. The molecule has 1 N–H and O–H groups in total. The van der Waals surface area contributed by atoms with Crippen molar-refractivity contribution in [1.29, 1.82) is 0 Å². The molecule has 6 nitrogen and oxygen atoms in total. The fourth-order valence-corrected chi connectivity index (χ4v) is 3.25. The van der Waals surface area contributed by atoms with Gasteiger partial charge in [0.25, 0.3) is 5.91 Å². The first-order valence-corrected chi connectivity index (χ1v) is 9.24. The molecule has 0 saturated carbocycles. The number of nitrogens with one attached hydrogen (secondary N) is 1. The quantitative estimate of drug-likeness (QED) is 0.546. The van der Waals surface area contributed by atoms with E-state index in [0.29, 0.717) is 23.3 Å². The molecule has 0 aliphatic rings. The van der Waals surface area contributed by atoms with Crippen LogP contribution in [0.1, 0.15) is 23.0 Å². The molecule has 2 heterocycles. The van der Waals surface area contributed by atoms with Crippen molar-refractivity contribution in [2.45, 2.75) is 13.3 Å². The lowest BCUT2D eigenvalue weighted by molar-refractivity contribution is 0.101. The highest BCUT2D eigenvalue weighted by molar-refractivity contribution is 6.04. The molecular weight excluding hydrogens is 392 g/mol. The van der Waals surface area contributed by atoms with Crippen LogP contribution in [-0.4, -0.2) is 15.5 Å². The van der Waals surface area contributed by atoms with Crippen LogP contribution in [0.15, 0.2) is 57.7 Å². The molecule has 8 heteroatoms. The maximum Gasteiger partial charge on any atom is 0.420 e. The van der Waals surface area contributed by atoms with E-state index in [0.717, 1.165) is 29.0 Å². The molecule has 0 fully saturated rings. The highest BCUT2D eigenvalue weighted by Crippen LogP contribution is 2.28. The molecule has 2 aromatic heterocycles. The molecule has 0 bridgehead atoms. The summed E-state index contributed by atoms with van der Waals surface area (Å²) in [6.45, 7) is 1.95. The van der Waals surface area contributed by atoms with Crippen LogP contribution in [0, 0.1) is 11.6 Å². The van der Waals surface area contributed by atoms with Crippen molar-refractivity contribution in [3.63, 3.8) is 0 Å². The number of oxazole rings is 1. The molecule has 4 aromatic rings. The van der Waals surface area contributed by atoms with E-state index < -0.39 is 28.9 Å². The largest absolute Gasteiger partial charge is 0.420 e. The number of carbonyl (C=O) groups excluding carboxylic acids is 1. The minimum absolute atomic E-state index is 0.377. The standard InChI is InChI=1S/C22H17F2N3O3/c1-3-17-14(11-18-20(26-17)27(2)22(29)30-18)12-7-9-13(10-8-12)25-21(28)19-15(23)5-4-6-16(19)24/h4-11H,3H2,1-2H3,(H,25,28). The number of benzene rings is 2. The van der Waals surface area contributed by atoms with E-state index in [-0.39, 0.29) is 0 Å². The van der Waals surface area contributed by atoms with Gasteiger partial charge in [0.1, 0.15) is 17.2 Å². The van der Waals surface area contributed by atoms with Gasteiger partial charge < -0.3 is 9.73 Å². The number of rotatable bonds is 4. The minimum Gasteiger partial charge on any atom is -0.406 e. The van der Waals surface area contributed by atoms with Crippen molar-refractivity contribution in [2.24, 2.45) is 7.05 Å². The zero-order valence-electron chi connectivity index (χ0n) is 16.2. The normalized spacial score (nSPS) is 11.1. The smallest absolute Gasteiger partial charge is 0.406 e. The second kappa shape index (κ2) is 7.55. The van der Waals surface area contributed by atoms with Crippen molar-refractivity contribution in [2.75, 3.05) is 5.32 Å². The van der Waals surface area contributed by atoms with E-state index in [9.17, 15) is 18.4 Å². The monoisotopic (exact) mass is 409 g/mol. The van der Waals surface area contributed by atoms with Crippen molar-refractivity contribution in [3.8, 4) is 11.1 Å². The zero-order valence-corrected chi connectivity index (χ0v) is 16.2. The van der Waals surface area contributed by atoms with Crippen LogP contribution in [0.2, 0.25) is 0 Å². The van der Waals surface area contributed by atoms with Gasteiger partial charge in [-0.15, -0.1) is 0 Å². The zero-order chi connectivity index (χ0) is 21.4. The van der Waals surface area contributed by atoms with Crippen LogP contribution < -0.4 is 11.1 Å². The van der Waals surface area contributed by atoms with Crippen LogP contribution in [0.25, 0.3) is 22.4 Å². The van der Waals surface area contributed by atoms with Crippen molar-refractivity contribution in [1.82, 2.24) is 9.55 Å². The maximum atomic E-state index is 13.8. The van der Waals surface area contributed by atoms with E-state index in [4.69, 9.17) is 4.42 Å². The molecule has 1 amide bonds. The summed E-state index contributed by atoms with van der Waals surface area (Å²) in [6.07, 6.45) is 0.635. The number of nitrogens with zero attached hydrogens (tertiary/aromatic N) is 2. The molecule has 0 aliphatic carbocycles. The second-order valence-electron chi connectivity index (χ2n) is 6.71. The molecule has 0 radical (unpaired) electrons. The molecule has 0 spiro atoms. The van der Waals surface area contributed by atoms with Gasteiger partial charge in [-0.1, -0.05) is 25.1 Å². The number of halogens is 2. The highest BCUT2D eigenvalue weighted by Gasteiger charge is 2.18. The molecular formula is C22H17F2N3O3. The fourth-order valence-electron chi connectivity index (χ4n) is 3.25. The first-order chi connectivity index (χ1) is 14.4. The van der Waals surface area contributed by atoms with Gasteiger partial charge in [-0.3, -0.25) is 9.36 Å². The first kappa shape index (κ1) is 19.5. The topological polar surface area (TPSA) is 77.1 Å². The average molecular weight is 409 g/mol. The number of anilines is 1. The molecule has 2 aromatic carbocycles. The average Bonchev–Trinajstić information content (AvgIpc) is 3.00. The Hall–Kier alpha value is -3.81. The Balaban J connectivity index is 1.65. The number of carbonyl (C=O) groups is 1. The summed E-state index contributed by atoms with van der Waals surface area (Å²) < 4.78 is 34.2. The third-order valence-corrected chi connectivity index (χ3v) is 4.81. The number of amides is 1. The Morgan fingerprint density at radius 1 is 1.13 bits per heavy atom. The van der Waals surface area contributed by atoms with Gasteiger partial charge in [0.05, 0.1) is 5.69 Å². The van der Waals surface area contributed by atoms with E-state index in [2.05, 4.69) is 10.3 Å². The van der Waals surface area contributed by atoms with Gasteiger partial charge in [-0.25, -0.2) is 18.6 Å². The van der Waals surface area contributed by atoms with E-state index in [1.807, 2.05) is 6.92 Å². The number of hydrogen-bond donors (Lipinski definition) is 1. The lowest BCUT2D eigenvalue weighted by Crippen LogP contribution is -2.15. The molecule has 4 rings (SSSR count). The molecule has 152 valence electrons. The van der Waals surface area contributed by atoms with Crippen LogP contribution in [0.3, 0.4) is 0 Å². The van der Waals surface area contributed by atoms with Gasteiger partial charge in [0.15, 0.2) is 11.2 Å². The number of pyridine rings is 1. The van der Waals surface area contributed by atoms with Crippen LogP contribution in [0.5, 0.6) is 0 Å². The Morgan fingerprint density at radius 2 is 1.80 bits per heavy atom. The summed E-state index contributed by atoms with van der Waals surface area (Å²) in [5, 5.41) is 2.49. The number of hydrogen-bond acceptors (Lipinski definition) is 4. The van der Waals surface area contributed by atoms with Crippen LogP contribution >= 0.6 is 0 Å². The predicted molar refractivity (Wildman–Crippen MR) is 108 cm³/mol. The number of aryl methyl sites for hydroxylation is 2. The molecule has 0 saturated heterocycles. The molecule has 0 atom stereocenters. The van der Waals surface area contributed by atoms with Gasteiger partial charge in [-0.05, 0) is 42.3 Å². The van der Waals surface area contributed by atoms with Gasteiger partial charge in [-0.2, -0.15) is 0 Å². The summed E-state index contributed by atoms with van der Waals surface area (Å²) in [7, 11) is 1.59. The Kier molecular flexibility index (Phi) is 4.91. The summed E-state index contributed by atoms with van der Waals surface area (Å²) in [6, 6.07) is 11.7. The Morgan fingerprint density at radius 3 is 2.43 bits per heavy atom.